The third-order valence-corrected chi connectivity index (χ3v) is 2.47. The second kappa shape index (κ2) is 6.52. The molecular formula is C13H13KO3. The van der Waals surface area contributed by atoms with E-state index in [1.54, 1.807) is 7.11 Å². The Balaban J connectivity index is 0.00000144. The van der Waals surface area contributed by atoms with Crippen LogP contribution < -0.4 is 56.1 Å². The van der Waals surface area contributed by atoms with Crippen molar-refractivity contribution in [3.05, 3.63) is 42.0 Å². The Morgan fingerprint density at radius 1 is 1.24 bits per heavy atom. The molecule has 0 bridgehead atoms. The zero-order valence-corrected chi connectivity index (χ0v) is 13.1. The van der Waals surface area contributed by atoms with Crippen molar-refractivity contribution in [3.8, 4) is 5.75 Å². The molecule has 0 fully saturated rings. The van der Waals surface area contributed by atoms with Gasteiger partial charge in [-0.1, -0.05) is 24.3 Å². The maximum absolute atomic E-state index is 10.6. The van der Waals surface area contributed by atoms with Crippen LogP contribution in [0.2, 0.25) is 0 Å². The van der Waals surface area contributed by atoms with Gasteiger partial charge in [-0.05, 0) is 28.5 Å². The molecule has 0 radical (unpaired) electrons. The number of carboxylic acids is 1. The Morgan fingerprint density at radius 3 is 2.53 bits per heavy atom. The molecule has 0 saturated heterocycles. The fourth-order valence-corrected chi connectivity index (χ4v) is 1.68. The topological polar surface area (TPSA) is 46.5 Å². The molecule has 4 heteroatoms. The van der Waals surface area contributed by atoms with E-state index in [2.05, 4.69) is 0 Å². The van der Waals surface area contributed by atoms with Crippen LogP contribution in [-0.4, -0.2) is 18.2 Å². The van der Waals surface area contributed by atoms with E-state index in [1.165, 1.54) is 0 Å². The van der Waals surface area contributed by atoms with E-state index in [1.807, 2.05) is 36.4 Å². The fourth-order valence-electron chi connectivity index (χ4n) is 1.68. The number of aliphatic carboxylic acids is 1. The Labute approximate surface area is 144 Å². The van der Waals surface area contributed by atoms with Crippen LogP contribution in [0.5, 0.6) is 5.75 Å². The van der Waals surface area contributed by atoms with Gasteiger partial charge in [0.05, 0.1) is 13.5 Å². The van der Waals surface area contributed by atoms with E-state index in [0.29, 0.717) is 0 Å². The van der Waals surface area contributed by atoms with Gasteiger partial charge in [0.1, 0.15) is 5.75 Å². The first kappa shape index (κ1) is 14.7. The molecule has 2 aromatic rings. The van der Waals surface area contributed by atoms with E-state index in [0.717, 1.165) is 22.1 Å². The summed E-state index contributed by atoms with van der Waals surface area (Å²) in [7, 11) is 1.62. The number of rotatable bonds is 3. The molecular weight excluding hydrogens is 243 g/mol. The van der Waals surface area contributed by atoms with Gasteiger partial charge < -0.3 is 11.3 Å². The average molecular weight is 256 g/mol. The summed E-state index contributed by atoms with van der Waals surface area (Å²) in [4.78, 5) is 10.6. The number of carboxylic acid groups (broad SMARTS) is 1. The van der Waals surface area contributed by atoms with Crippen LogP contribution >= 0.6 is 0 Å². The zero-order chi connectivity index (χ0) is 11.5. The van der Waals surface area contributed by atoms with E-state index < -0.39 is 5.97 Å². The minimum Gasteiger partial charge on any atom is -1.00 e. The summed E-state index contributed by atoms with van der Waals surface area (Å²) in [6.45, 7) is 0. The summed E-state index contributed by atoms with van der Waals surface area (Å²) < 4.78 is 5.12. The van der Waals surface area contributed by atoms with Crippen molar-refractivity contribution in [2.75, 3.05) is 7.11 Å². The predicted octanol–water partition coefficient (Wildman–Crippen LogP) is -0.408. The number of hydrogen-bond donors (Lipinski definition) is 1. The van der Waals surface area contributed by atoms with Gasteiger partial charge in [-0.2, -0.15) is 0 Å². The Morgan fingerprint density at radius 2 is 1.88 bits per heavy atom. The van der Waals surface area contributed by atoms with Gasteiger partial charge >= 0.3 is 57.4 Å². The van der Waals surface area contributed by atoms with Crippen molar-refractivity contribution in [2.24, 2.45) is 0 Å². The smallest absolute Gasteiger partial charge is 1.00 e. The molecule has 84 valence electrons. The summed E-state index contributed by atoms with van der Waals surface area (Å²) in [5, 5.41) is 10.8. The number of fused-ring (bicyclic) bond motifs is 1. The molecule has 0 aliphatic rings. The molecule has 0 aromatic heterocycles. The average Bonchev–Trinajstić information content (AvgIpc) is 2.27. The summed E-state index contributed by atoms with van der Waals surface area (Å²) in [5.74, 6) is -0.00801. The molecule has 2 rings (SSSR count). The zero-order valence-electron chi connectivity index (χ0n) is 10.9. The van der Waals surface area contributed by atoms with Gasteiger partial charge in [-0.25, -0.2) is 0 Å². The third kappa shape index (κ3) is 3.79. The Hall–Kier alpha value is -0.394. The van der Waals surface area contributed by atoms with Gasteiger partial charge in [0.15, 0.2) is 0 Å². The first-order chi connectivity index (χ1) is 7.69. The minimum atomic E-state index is -0.812. The van der Waals surface area contributed by atoms with Crippen molar-refractivity contribution >= 4 is 16.7 Å². The van der Waals surface area contributed by atoms with E-state index >= 15 is 0 Å². The third-order valence-electron chi connectivity index (χ3n) is 2.47. The number of ether oxygens (including phenoxy) is 1. The normalized spacial score (nSPS) is 9.71. The van der Waals surface area contributed by atoms with Crippen molar-refractivity contribution in [1.82, 2.24) is 0 Å². The first-order valence-corrected chi connectivity index (χ1v) is 4.97. The molecule has 2 aromatic carbocycles. The largest absolute Gasteiger partial charge is 1.00 e. The molecule has 0 spiro atoms. The number of carbonyl (C=O) groups is 1. The van der Waals surface area contributed by atoms with Crippen LogP contribution in [0, 0.1) is 0 Å². The van der Waals surface area contributed by atoms with Gasteiger partial charge in [-0.3, -0.25) is 4.79 Å². The Bertz CT molecular complexity index is 543. The van der Waals surface area contributed by atoms with Crippen LogP contribution in [0.1, 0.15) is 6.99 Å². The molecule has 0 saturated carbocycles. The SMILES string of the molecule is COc1ccc2cc(CC(=O)O)ccc2c1.[H-].[K+]. The standard InChI is InChI=1S/C13H12O3.K.H/c1-16-12-5-4-10-6-9(7-13(14)15)2-3-11(10)8-12;;/h2-6,8H,7H2,1H3,(H,14,15);;/q;+1;-1. The van der Waals surface area contributed by atoms with E-state index in [-0.39, 0.29) is 59.2 Å². The van der Waals surface area contributed by atoms with Crippen LogP contribution in [0.4, 0.5) is 0 Å². The van der Waals surface area contributed by atoms with Crippen molar-refractivity contribution in [1.29, 1.82) is 0 Å². The molecule has 0 aliphatic heterocycles. The van der Waals surface area contributed by atoms with Gasteiger partial charge in [-0.15, -0.1) is 0 Å². The van der Waals surface area contributed by atoms with Gasteiger partial charge in [0, 0.05) is 0 Å². The van der Waals surface area contributed by atoms with Crippen LogP contribution in [0.3, 0.4) is 0 Å². The number of hydrogen-bond acceptors (Lipinski definition) is 2. The quantitative estimate of drug-likeness (QED) is 0.760. The maximum atomic E-state index is 10.6. The number of benzene rings is 2. The fraction of sp³-hybridized carbons (Fsp3) is 0.154. The summed E-state index contributed by atoms with van der Waals surface area (Å²) in [6, 6.07) is 11.4. The van der Waals surface area contributed by atoms with E-state index in [4.69, 9.17) is 9.84 Å². The van der Waals surface area contributed by atoms with Crippen LogP contribution in [-0.2, 0) is 11.2 Å². The van der Waals surface area contributed by atoms with Crippen molar-refractivity contribution in [2.45, 2.75) is 6.42 Å². The molecule has 1 N–H and O–H groups in total. The molecule has 0 aliphatic carbocycles. The summed E-state index contributed by atoms with van der Waals surface area (Å²) >= 11 is 0. The molecule has 0 atom stereocenters. The summed E-state index contributed by atoms with van der Waals surface area (Å²) in [5.41, 5.74) is 0.810. The molecule has 0 amide bonds. The monoisotopic (exact) mass is 256 g/mol. The molecule has 17 heavy (non-hydrogen) atoms. The van der Waals surface area contributed by atoms with Crippen molar-refractivity contribution in [3.63, 3.8) is 0 Å². The molecule has 3 nitrogen and oxygen atoms in total. The van der Waals surface area contributed by atoms with Gasteiger partial charge in [0.25, 0.3) is 0 Å². The van der Waals surface area contributed by atoms with Crippen molar-refractivity contribution < 1.29 is 67.4 Å². The Kier molecular flexibility index (Phi) is 5.62. The molecule has 0 heterocycles. The van der Waals surface area contributed by atoms with Crippen LogP contribution in [0.25, 0.3) is 10.8 Å². The second-order valence-electron chi connectivity index (χ2n) is 3.62. The minimum absolute atomic E-state index is 0. The first-order valence-electron chi connectivity index (χ1n) is 4.97. The molecule has 0 unspecified atom stereocenters. The second-order valence-corrected chi connectivity index (χ2v) is 3.62. The van der Waals surface area contributed by atoms with Gasteiger partial charge in [0.2, 0.25) is 0 Å². The summed E-state index contributed by atoms with van der Waals surface area (Å²) in [6.07, 6.45) is 0.0575. The predicted molar refractivity (Wildman–Crippen MR) is 63.0 cm³/mol. The van der Waals surface area contributed by atoms with Crippen LogP contribution in [0.15, 0.2) is 36.4 Å². The maximum Gasteiger partial charge on any atom is 1.00 e. The van der Waals surface area contributed by atoms with E-state index in [9.17, 15) is 4.79 Å². The number of methoxy groups -OCH3 is 1.